The number of hydrogen-bond donors (Lipinski definition) is 0. The standard InChI is InChI=1S/C14H13IO4/c1-9(18-11-5-3-10(15)4-6-11)12-7-8-13(19-12)14(16)17-2/h3-9H,1-2H3. The number of benzene rings is 1. The van der Waals surface area contributed by atoms with E-state index in [0.29, 0.717) is 5.76 Å². The van der Waals surface area contributed by atoms with Crippen molar-refractivity contribution >= 4 is 28.6 Å². The summed E-state index contributed by atoms with van der Waals surface area (Å²) in [5.74, 6) is 1.02. The number of halogens is 1. The smallest absolute Gasteiger partial charge is 0.373 e. The van der Waals surface area contributed by atoms with Gasteiger partial charge < -0.3 is 13.9 Å². The largest absolute Gasteiger partial charge is 0.483 e. The Kier molecular flexibility index (Phi) is 4.47. The molecule has 1 aromatic heterocycles. The molecule has 0 bridgehead atoms. The Hall–Kier alpha value is -1.50. The number of ether oxygens (including phenoxy) is 2. The van der Waals surface area contributed by atoms with E-state index in [1.54, 1.807) is 12.1 Å². The molecule has 0 fully saturated rings. The van der Waals surface area contributed by atoms with E-state index in [1.165, 1.54) is 7.11 Å². The molecule has 0 amide bonds. The van der Waals surface area contributed by atoms with E-state index < -0.39 is 5.97 Å². The Balaban J connectivity index is 2.07. The maximum atomic E-state index is 11.3. The highest BCUT2D eigenvalue weighted by atomic mass is 127. The van der Waals surface area contributed by atoms with Crippen LogP contribution in [-0.4, -0.2) is 13.1 Å². The van der Waals surface area contributed by atoms with Gasteiger partial charge in [0.05, 0.1) is 7.11 Å². The summed E-state index contributed by atoms with van der Waals surface area (Å²) in [5.41, 5.74) is 0. The zero-order chi connectivity index (χ0) is 13.8. The molecule has 1 unspecified atom stereocenters. The Bertz CT molecular complexity index is 559. The molecule has 0 radical (unpaired) electrons. The molecule has 0 aliphatic rings. The van der Waals surface area contributed by atoms with Gasteiger partial charge in [0.1, 0.15) is 11.5 Å². The predicted molar refractivity (Wildman–Crippen MR) is 78.2 cm³/mol. The minimum atomic E-state index is -0.493. The average Bonchev–Trinajstić information content (AvgIpc) is 2.90. The molecule has 0 aliphatic heterocycles. The maximum absolute atomic E-state index is 11.3. The van der Waals surface area contributed by atoms with Crippen molar-refractivity contribution in [2.24, 2.45) is 0 Å². The number of carbonyl (C=O) groups excluding carboxylic acids is 1. The second kappa shape index (κ2) is 6.10. The van der Waals surface area contributed by atoms with Crippen LogP contribution >= 0.6 is 22.6 Å². The van der Waals surface area contributed by atoms with Crippen molar-refractivity contribution in [3.63, 3.8) is 0 Å². The van der Waals surface area contributed by atoms with Crippen LogP contribution in [-0.2, 0) is 4.74 Å². The lowest BCUT2D eigenvalue weighted by Gasteiger charge is -2.12. The van der Waals surface area contributed by atoms with Gasteiger partial charge in [-0.05, 0) is 65.9 Å². The fraction of sp³-hybridized carbons (Fsp3) is 0.214. The third kappa shape index (κ3) is 3.50. The zero-order valence-corrected chi connectivity index (χ0v) is 12.7. The highest BCUT2D eigenvalue weighted by molar-refractivity contribution is 14.1. The van der Waals surface area contributed by atoms with E-state index in [2.05, 4.69) is 27.3 Å². The summed E-state index contributed by atoms with van der Waals surface area (Å²) in [7, 11) is 1.32. The van der Waals surface area contributed by atoms with Gasteiger partial charge in [-0.2, -0.15) is 0 Å². The first-order chi connectivity index (χ1) is 9.10. The molecule has 0 N–H and O–H groups in total. The monoisotopic (exact) mass is 372 g/mol. The minimum absolute atomic E-state index is 0.176. The molecule has 19 heavy (non-hydrogen) atoms. The molecule has 1 aromatic carbocycles. The van der Waals surface area contributed by atoms with Crippen molar-refractivity contribution in [2.45, 2.75) is 13.0 Å². The van der Waals surface area contributed by atoms with Gasteiger partial charge >= 0.3 is 5.97 Å². The third-order valence-corrected chi connectivity index (χ3v) is 3.26. The molecule has 5 heteroatoms. The van der Waals surface area contributed by atoms with Crippen molar-refractivity contribution < 1.29 is 18.7 Å². The lowest BCUT2D eigenvalue weighted by atomic mass is 10.3. The van der Waals surface area contributed by atoms with E-state index in [1.807, 2.05) is 31.2 Å². The molecule has 1 heterocycles. The van der Waals surface area contributed by atoms with Gasteiger partial charge in [0, 0.05) is 3.57 Å². The number of furan rings is 1. The first-order valence-electron chi connectivity index (χ1n) is 5.70. The Morgan fingerprint density at radius 1 is 1.21 bits per heavy atom. The van der Waals surface area contributed by atoms with Crippen molar-refractivity contribution in [3.05, 3.63) is 51.5 Å². The number of esters is 1. The summed E-state index contributed by atoms with van der Waals surface area (Å²) >= 11 is 2.23. The van der Waals surface area contributed by atoms with E-state index in [-0.39, 0.29) is 11.9 Å². The van der Waals surface area contributed by atoms with Gasteiger partial charge in [-0.1, -0.05) is 0 Å². The molecular formula is C14H13IO4. The number of hydrogen-bond acceptors (Lipinski definition) is 4. The van der Waals surface area contributed by atoms with Crippen molar-refractivity contribution in [1.29, 1.82) is 0 Å². The van der Waals surface area contributed by atoms with Crippen LogP contribution in [0.4, 0.5) is 0 Å². The van der Waals surface area contributed by atoms with E-state index in [0.717, 1.165) is 9.32 Å². The molecule has 0 aliphatic carbocycles. The van der Waals surface area contributed by atoms with Crippen LogP contribution in [0.25, 0.3) is 0 Å². The van der Waals surface area contributed by atoms with Crippen LogP contribution in [0.2, 0.25) is 0 Å². The second-order valence-electron chi connectivity index (χ2n) is 3.91. The Morgan fingerprint density at radius 3 is 2.53 bits per heavy atom. The van der Waals surface area contributed by atoms with Gasteiger partial charge in [-0.15, -0.1) is 0 Å². The van der Waals surface area contributed by atoms with Crippen LogP contribution in [0.1, 0.15) is 29.3 Å². The first kappa shape index (κ1) is 13.9. The SMILES string of the molecule is COC(=O)c1ccc(C(C)Oc2ccc(I)cc2)o1. The van der Waals surface area contributed by atoms with Crippen LogP contribution in [0.3, 0.4) is 0 Å². The lowest BCUT2D eigenvalue weighted by molar-refractivity contribution is 0.0558. The lowest BCUT2D eigenvalue weighted by Crippen LogP contribution is -2.02. The highest BCUT2D eigenvalue weighted by Crippen LogP contribution is 2.24. The number of rotatable bonds is 4. The summed E-state index contributed by atoms with van der Waals surface area (Å²) in [6.07, 6.45) is -0.279. The van der Waals surface area contributed by atoms with Crippen LogP contribution in [0.5, 0.6) is 5.75 Å². The Labute approximate surface area is 124 Å². The fourth-order valence-corrected chi connectivity index (χ4v) is 1.92. The zero-order valence-electron chi connectivity index (χ0n) is 10.6. The highest BCUT2D eigenvalue weighted by Gasteiger charge is 2.16. The predicted octanol–water partition coefficient (Wildman–Crippen LogP) is 3.81. The molecule has 4 nitrogen and oxygen atoms in total. The van der Waals surface area contributed by atoms with Gasteiger partial charge in [0.25, 0.3) is 0 Å². The van der Waals surface area contributed by atoms with E-state index in [9.17, 15) is 4.79 Å². The average molecular weight is 372 g/mol. The van der Waals surface area contributed by atoms with Crippen molar-refractivity contribution in [1.82, 2.24) is 0 Å². The first-order valence-corrected chi connectivity index (χ1v) is 6.78. The van der Waals surface area contributed by atoms with E-state index >= 15 is 0 Å². The van der Waals surface area contributed by atoms with Crippen LogP contribution in [0, 0.1) is 3.57 Å². The van der Waals surface area contributed by atoms with Gasteiger partial charge in [0.15, 0.2) is 6.10 Å². The normalized spacial score (nSPS) is 11.9. The van der Waals surface area contributed by atoms with E-state index in [4.69, 9.17) is 9.15 Å². The fourth-order valence-electron chi connectivity index (χ4n) is 1.56. The molecule has 2 aromatic rings. The summed E-state index contributed by atoms with van der Waals surface area (Å²) in [6.45, 7) is 1.86. The topological polar surface area (TPSA) is 48.7 Å². The molecule has 0 saturated carbocycles. The molecule has 100 valence electrons. The summed E-state index contributed by atoms with van der Waals surface area (Å²) < 4.78 is 16.9. The number of carbonyl (C=O) groups is 1. The van der Waals surface area contributed by atoms with Crippen LogP contribution < -0.4 is 4.74 Å². The summed E-state index contributed by atoms with van der Waals surface area (Å²) in [4.78, 5) is 11.3. The van der Waals surface area contributed by atoms with Gasteiger partial charge in [-0.25, -0.2) is 4.79 Å². The number of methoxy groups -OCH3 is 1. The molecule has 1 atom stereocenters. The van der Waals surface area contributed by atoms with Crippen molar-refractivity contribution in [2.75, 3.05) is 7.11 Å². The van der Waals surface area contributed by atoms with Crippen LogP contribution in [0.15, 0.2) is 40.8 Å². The second-order valence-corrected chi connectivity index (χ2v) is 5.15. The maximum Gasteiger partial charge on any atom is 0.373 e. The third-order valence-electron chi connectivity index (χ3n) is 2.54. The van der Waals surface area contributed by atoms with Gasteiger partial charge in [0.2, 0.25) is 5.76 Å². The molecule has 0 saturated heterocycles. The Morgan fingerprint density at radius 2 is 1.89 bits per heavy atom. The minimum Gasteiger partial charge on any atom is -0.483 e. The van der Waals surface area contributed by atoms with Gasteiger partial charge in [-0.3, -0.25) is 0 Å². The summed E-state index contributed by atoms with van der Waals surface area (Å²) in [5, 5.41) is 0. The molecule has 2 rings (SSSR count). The quantitative estimate of drug-likeness (QED) is 0.605. The summed E-state index contributed by atoms with van der Waals surface area (Å²) in [6, 6.07) is 11.0. The molecule has 0 spiro atoms. The van der Waals surface area contributed by atoms with Crippen molar-refractivity contribution in [3.8, 4) is 5.75 Å². The molecular weight excluding hydrogens is 359 g/mol.